The molecule has 0 aliphatic heterocycles. The number of nitrogen functional groups attached to an aromatic ring is 2. The normalized spacial score (nSPS) is 12.3. The van der Waals surface area contributed by atoms with Crippen molar-refractivity contribution in [1.82, 2.24) is 0 Å². The highest BCUT2D eigenvalue weighted by atomic mass is 14.5. The van der Waals surface area contributed by atoms with Gasteiger partial charge in [0.1, 0.15) is 0 Å². The Balaban J connectivity index is 1.30. The smallest absolute Gasteiger partial charge is 0.0320 e. The Hall–Kier alpha value is -5.86. The molecule has 2 aliphatic carbocycles. The molecule has 0 aromatic heterocycles. The maximum atomic E-state index is 6.33. The van der Waals surface area contributed by atoms with Crippen LogP contribution in [0, 0.1) is 0 Å². The van der Waals surface area contributed by atoms with Crippen LogP contribution in [0.1, 0.15) is 22.3 Å². The van der Waals surface area contributed by atoms with Crippen LogP contribution in [0.25, 0.3) is 66.8 Å². The molecule has 0 unspecified atom stereocenters. The highest BCUT2D eigenvalue weighted by Crippen LogP contribution is 2.49. The number of hydrogen-bond acceptors (Lipinski definition) is 2. The molecule has 7 aromatic rings. The lowest BCUT2D eigenvalue weighted by Crippen LogP contribution is -1.96. The van der Waals surface area contributed by atoms with Gasteiger partial charge in [-0.25, -0.2) is 0 Å². The molecule has 46 heavy (non-hydrogen) atoms. The molecule has 2 heteroatoms. The molecule has 0 amide bonds. The third kappa shape index (κ3) is 4.18. The molecule has 0 atom stereocenters. The van der Waals surface area contributed by atoms with Crippen molar-refractivity contribution in [2.75, 3.05) is 11.5 Å². The zero-order valence-corrected chi connectivity index (χ0v) is 25.4. The Morgan fingerprint density at radius 2 is 0.739 bits per heavy atom. The summed E-state index contributed by atoms with van der Waals surface area (Å²) in [7, 11) is 0. The van der Waals surface area contributed by atoms with E-state index in [-0.39, 0.29) is 0 Å². The molecule has 0 heterocycles. The standard InChI is InChI=1S/C44H32N2/c45-33-14-6-10-27(23-33)37-18-20-39-35-16-3-1-8-29(35)25-41(39)43(37)31-12-5-13-32(22-31)44-38(28-11-7-15-34(46)24-28)19-21-40-36-17-4-2-9-30(36)26-42(40)44/h1-24H,25-26,45-46H2. The molecular weight excluding hydrogens is 556 g/mol. The van der Waals surface area contributed by atoms with E-state index in [4.69, 9.17) is 11.5 Å². The van der Waals surface area contributed by atoms with E-state index < -0.39 is 0 Å². The maximum Gasteiger partial charge on any atom is 0.0320 e. The summed E-state index contributed by atoms with van der Waals surface area (Å²) in [6.07, 6.45) is 1.82. The SMILES string of the molecule is Nc1cccc(-c2ccc3c(c2-c2cccc(-c4c(-c5cccc(N)c5)ccc5c4Cc4ccccc4-5)c2)Cc2ccccc2-3)c1. The zero-order valence-electron chi connectivity index (χ0n) is 25.4. The Morgan fingerprint density at radius 1 is 0.326 bits per heavy atom. The van der Waals surface area contributed by atoms with Crippen molar-refractivity contribution < 1.29 is 0 Å². The summed E-state index contributed by atoms with van der Waals surface area (Å²) in [4.78, 5) is 0. The molecule has 0 bridgehead atoms. The predicted octanol–water partition coefficient (Wildman–Crippen LogP) is 10.7. The quantitative estimate of drug-likeness (QED) is 0.201. The van der Waals surface area contributed by atoms with E-state index in [9.17, 15) is 0 Å². The fourth-order valence-electron chi connectivity index (χ4n) is 7.81. The summed E-state index contributed by atoms with van der Waals surface area (Å²) in [5.74, 6) is 0. The van der Waals surface area contributed by atoms with Crippen molar-refractivity contribution >= 4 is 11.4 Å². The number of benzene rings is 7. The van der Waals surface area contributed by atoms with Crippen LogP contribution in [0.4, 0.5) is 11.4 Å². The first-order valence-corrected chi connectivity index (χ1v) is 15.9. The van der Waals surface area contributed by atoms with E-state index in [0.717, 1.165) is 35.3 Å². The first-order valence-electron chi connectivity index (χ1n) is 15.9. The van der Waals surface area contributed by atoms with Gasteiger partial charge < -0.3 is 11.5 Å². The third-order valence-electron chi connectivity index (χ3n) is 9.81. The average molecular weight is 589 g/mol. The van der Waals surface area contributed by atoms with E-state index in [1.54, 1.807) is 0 Å². The van der Waals surface area contributed by atoms with Gasteiger partial charge in [0, 0.05) is 11.4 Å². The van der Waals surface area contributed by atoms with Crippen LogP contribution < -0.4 is 11.5 Å². The second-order valence-electron chi connectivity index (χ2n) is 12.5. The minimum atomic E-state index is 0.771. The van der Waals surface area contributed by atoms with Gasteiger partial charge in [0.15, 0.2) is 0 Å². The first kappa shape index (κ1) is 26.5. The molecule has 2 aliphatic rings. The summed E-state index contributed by atoms with van der Waals surface area (Å²) in [6.45, 7) is 0. The maximum absolute atomic E-state index is 6.33. The summed E-state index contributed by atoms with van der Waals surface area (Å²) in [6, 6.07) is 52.5. The zero-order chi connectivity index (χ0) is 30.8. The van der Waals surface area contributed by atoms with Gasteiger partial charge in [-0.2, -0.15) is 0 Å². The van der Waals surface area contributed by atoms with Crippen LogP contribution in [0.5, 0.6) is 0 Å². The lowest BCUT2D eigenvalue weighted by atomic mass is 9.84. The van der Waals surface area contributed by atoms with Crippen LogP contribution in [-0.2, 0) is 12.8 Å². The minimum absolute atomic E-state index is 0.771. The summed E-state index contributed by atoms with van der Waals surface area (Å²) >= 11 is 0. The summed E-state index contributed by atoms with van der Waals surface area (Å²) in [5, 5.41) is 0. The van der Waals surface area contributed by atoms with Crippen molar-refractivity contribution in [3.63, 3.8) is 0 Å². The van der Waals surface area contributed by atoms with E-state index in [0.29, 0.717) is 0 Å². The lowest BCUT2D eigenvalue weighted by Gasteiger charge is -2.19. The molecule has 7 aromatic carbocycles. The first-order chi connectivity index (χ1) is 22.6. The number of anilines is 2. The molecule has 4 N–H and O–H groups in total. The van der Waals surface area contributed by atoms with E-state index >= 15 is 0 Å². The van der Waals surface area contributed by atoms with Gasteiger partial charge in [-0.3, -0.25) is 0 Å². The highest BCUT2D eigenvalue weighted by molar-refractivity contribution is 5.98. The molecule has 9 rings (SSSR count). The Labute approximate surface area is 269 Å². The Kier molecular flexibility index (Phi) is 5.97. The van der Waals surface area contributed by atoms with E-state index in [2.05, 4.69) is 133 Å². The van der Waals surface area contributed by atoms with Gasteiger partial charge in [-0.15, -0.1) is 0 Å². The van der Waals surface area contributed by atoms with Crippen LogP contribution in [-0.4, -0.2) is 0 Å². The molecule has 2 nitrogen and oxygen atoms in total. The van der Waals surface area contributed by atoms with Crippen molar-refractivity contribution in [3.8, 4) is 66.8 Å². The monoisotopic (exact) mass is 588 g/mol. The highest BCUT2D eigenvalue weighted by Gasteiger charge is 2.27. The fraction of sp³-hybridized carbons (Fsp3) is 0.0455. The van der Waals surface area contributed by atoms with E-state index in [1.807, 2.05) is 12.1 Å². The van der Waals surface area contributed by atoms with Gasteiger partial charge in [0.25, 0.3) is 0 Å². The largest absolute Gasteiger partial charge is 0.399 e. The summed E-state index contributed by atoms with van der Waals surface area (Å²) < 4.78 is 0. The number of fused-ring (bicyclic) bond motifs is 6. The van der Waals surface area contributed by atoms with Crippen LogP contribution in [0.2, 0.25) is 0 Å². The van der Waals surface area contributed by atoms with Crippen LogP contribution in [0.15, 0.2) is 146 Å². The summed E-state index contributed by atoms with van der Waals surface area (Å²) in [5.41, 5.74) is 34.7. The topological polar surface area (TPSA) is 52.0 Å². The minimum Gasteiger partial charge on any atom is -0.399 e. The number of rotatable bonds is 4. The Morgan fingerprint density at radius 3 is 1.22 bits per heavy atom. The van der Waals surface area contributed by atoms with Crippen molar-refractivity contribution in [2.24, 2.45) is 0 Å². The van der Waals surface area contributed by atoms with Gasteiger partial charge in [0.2, 0.25) is 0 Å². The molecule has 0 saturated heterocycles. The molecular formula is C44H32N2. The van der Waals surface area contributed by atoms with Crippen molar-refractivity contribution in [2.45, 2.75) is 12.8 Å². The van der Waals surface area contributed by atoms with Crippen molar-refractivity contribution in [3.05, 3.63) is 168 Å². The van der Waals surface area contributed by atoms with Gasteiger partial charge in [0.05, 0.1) is 0 Å². The lowest BCUT2D eigenvalue weighted by molar-refractivity contribution is 1.26. The fourth-order valence-corrected chi connectivity index (χ4v) is 7.81. The molecule has 0 saturated carbocycles. The number of hydrogen-bond donors (Lipinski definition) is 2. The van der Waals surface area contributed by atoms with Crippen LogP contribution >= 0.6 is 0 Å². The van der Waals surface area contributed by atoms with Crippen molar-refractivity contribution in [1.29, 1.82) is 0 Å². The molecule has 0 radical (unpaired) electrons. The molecule has 0 spiro atoms. The van der Waals surface area contributed by atoms with Gasteiger partial charge in [-0.1, -0.05) is 115 Å². The van der Waals surface area contributed by atoms with Gasteiger partial charge >= 0.3 is 0 Å². The second kappa shape index (κ2) is 10.4. The molecule has 218 valence electrons. The second-order valence-corrected chi connectivity index (χ2v) is 12.5. The Bertz CT molecular complexity index is 2180. The van der Waals surface area contributed by atoms with Gasteiger partial charge in [-0.05, 0) is 132 Å². The van der Waals surface area contributed by atoms with E-state index in [1.165, 1.54) is 77.9 Å². The number of nitrogens with two attached hydrogens (primary N) is 2. The molecule has 0 fully saturated rings. The average Bonchev–Trinajstić information content (AvgIpc) is 3.66. The third-order valence-corrected chi connectivity index (χ3v) is 9.81. The van der Waals surface area contributed by atoms with Crippen LogP contribution in [0.3, 0.4) is 0 Å². The predicted molar refractivity (Wildman–Crippen MR) is 193 cm³/mol.